The van der Waals surface area contributed by atoms with Crippen LogP contribution in [0.2, 0.25) is 0 Å². The third-order valence-electron chi connectivity index (χ3n) is 3.38. The SMILES string of the molecule is CCCCOCc1ccc(C=NN=C2NC(=O)C(CC(=O)O)S2)cc1. The highest BCUT2D eigenvalue weighted by molar-refractivity contribution is 8.15. The van der Waals surface area contributed by atoms with Crippen molar-refractivity contribution in [3.63, 3.8) is 0 Å². The van der Waals surface area contributed by atoms with Crippen molar-refractivity contribution in [3.8, 4) is 0 Å². The first-order valence-corrected chi connectivity index (χ1v) is 8.93. The Morgan fingerprint density at radius 3 is 2.84 bits per heavy atom. The van der Waals surface area contributed by atoms with Crippen LogP contribution in [0.1, 0.15) is 37.3 Å². The van der Waals surface area contributed by atoms with Crippen LogP contribution in [0.4, 0.5) is 0 Å². The molecule has 0 bridgehead atoms. The summed E-state index contributed by atoms with van der Waals surface area (Å²) in [6.07, 6.45) is 3.52. The Labute approximate surface area is 150 Å². The van der Waals surface area contributed by atoms with Crippen LogP contribution in [-0.2, 0) is 20.9 Å². The Hall–Kier alpha value is -2.19. The lowest BCUT2D eigenvalue weighted by molar-refractivity contribution is -0.138. The van der Waals surface area contributed by atoms with Gasteiger partial charge in [-0.25, -0.2) is 0 Å². The van der Waals surface area contributed by atoms with Crippen molar-refractivity contribution in [3.05, 3.63) is 35.4 Å². The van der Waals surface area contributed by atoms with Crippen LogP contribution in [0.15, 0.2) is 34.5 Å². The van der Waals surface area contributed by atoms with Crippen LogP contribution in [0, 0.1) is 0 Å². The van der Waals surface area contributed by atoms with Crippen LogP contribution < -0.4 is 5.32 Å². The minimum absolute atomic E-state index is 0.235. The predicted molar refractivity (Wildman–Crippen MR) is 97.8 cm³/mol. The number of benzene rings is 1. The smallest absolute Gasteiger partial charge is 0.305 e. The van der Waals surface area contributed by atoms with Crippen molar-refractivity contribution < 1.29 is 19.4 Å². The number of hydrogen-bond donors (Lipinski definition) is 2. The first-order valence-electron chi connectivity index (χ1n) is 8.05. The summed E-state index contributed by atoms with van der Waals surface area (Å²) in [5.41, 5.74) is 1.97. The molecule has 1 unspecified atom stereocenters. The summed E-state index contributed by atoms with van der Waals surface area (Å²) in [6.45, 7) is 3.49. The molecule has 2 rings (SSSR count). The molecule has 1 saturated heterocycles. The fourth-order valence-electron chi connectivity index (χ4n) is 2.03. The first kappa shape index (κ1) is 19.1. The quantitative estimate of drug-likeness (QED) is 0.399. The number of carboxylic acids is 1. The van der Waals surface area contributed by atoms with Gasteiger partial charge in [-0.15, -0.1) is 5.10 Å². The highest BCUT2D eigenvalue weighted by atomic mass is 32.2. The van der Waals surface area contributed by atoms with Crippen LogP contribution in [0.25, 0.3) is 0 Å². The van der Waals surface area contributed by atoms with Crippen LogP contribution in [0.3, 0.4) is 0 Å². The number of nitrogens with zero attached hydrogens (tertiary/aromatic N) is 2. The van der Waals surface area contributed by atoms with Crippen LogP contribution in [-0.4, -0.2) is 40.2 Å². The van der Waals surface area contributed by atoms with Gasteiger partial charge in [0, 0.05) is 6.61 Å². The zero-order valence-corrected chi connectivity index (χ0v) is 14.8. The number of hydrogen-bond acceptors (Lipinski definition) is 6. The summed E-state index contributed by atoms with van der Waals surface area (Å²) in [7, 11) is 0. The van der Waals surface area contributed by atoms with Gasteiger partial charge in [0.05, 0.1) is 19.2 Å². The van der Waals surface area contributed by atoms with Crippen molar-refractivity contribution in [1.82, 2.24) is 5.32 Å². The molecule has 0 aromatic heterocycles. The van der Waals surface area contributed by atoms with Gasteiger partial charge in [0.1, 0.15) is 5.25 Å². The van der Waals surface area contributed by atoms with Crippen molar-refractivity contribution >= 4 is 35.0 Å². The molecule has 1 aliphatic heterocycles. The van der Waals surface area contributed by atoms with E-state index >= 15 is 0 Å². The molecule has 8 heteroatoms. The average Bonchev–Trinajstić information content (AvgIpc) is 2.92. The molecule has 1 aromatic carbocycles. The lowest BCUT2D eigenvalue weighted by Crippen LogP contribution is -2.26. The second kappa shape index (κ2) is 9.95. The normalized spacial score (nSPS) is 18.8. The van der Waals surface area contributed by atoms with Crippen molar-refractivity contribution in [2.24, 2.45) is 10.2 Å². The Balaban J connectivity index is 1.83. The standard InChI is InChI=1S/C17H21N3O4S/c1-2-3-8-24-11-13-6-4-12(5-7-13)10-18-20-17-19-16(23)14(25-17)9-15(21)22/h4-7,10,14H,2-3,8-9,11H2,1H3,(H,21,22)(H,19,20,23). The second-order valence-corrected chi connectivity index (χ2v) is 6.68. The predicted octanol–water partition coefficient (Wildman–Crippen LogP) is 2.40. The van der Waals surface area contributed by atoms with E-state index in [9.17, 15) is 9.59 Å². The third-order valence-corrected chi connectivity index (χ3v) is 4.45. The number of amidine groups is 1. The van der Waals surface area contributed by atoms with E-state index in [-0.39, 0.29) is 12.3 Å². The van der Waals surface area contributed by atoms with Gasteiger partial charge in [0.2, 0.25) is 5.91 Å². The lowest BCUT2D eigenvalue weighted by atomic mass is 10.1. The maximum atomic E-state index is 11.6. The van der Waals surface area contributed by atoms with Crippen LogP contribution >= 0.6 is 11.8 Å². The molecule has 1 heterocycles. The Bertz CT molecular complexity index is 658. The van der Waals surface area contributed by atoms with E-state index < -0.39 is 11.2 Å². The van der Waals surface area contributed by atoms with Gasteiger partial charge in [-0.3, -0.25) is 9.59 Å². The number of aliphatic carboxylic acids is 1. The van der Waals surface area contributed by atoms with E-state index in [1.807, 2.05) is 24.3 Å². The van der Waals surface area contributed by atoms with E-state index in [0.717, 1.165) is 42.3 Å². The monoisotopic (exact) mass is 363 g/mol. The van der Waals surface area contributed by atoms with Gasteiger partial charge >= 0.3 is 5.97 Å². The molecule has 1 amide bonds. The Morgan fingerprint density at radius 1 is 1.40 bits per heavy atom. The largest absolute Gasteiger partial charge is 0.481 e. The lowest BCUT2D eigenvalue weighted by Gasteiger charge is -2.03. The Morgan fingerprint density at radius 2 is 2.16 bits per heavy atom. The molecule has 0 spiro atoms. The maximum Gasteiger partial charge on any atom is 0.305 e. The topological polar surface area (TPSA) is 100 Å². The molecule has 0 radical (unpaired) electrons. The molecular weight excluding hydrogens is 342 g/mol. The number of nitrogens with one attached hydrogen (secondary N) is 1. The maximum absolute atomic E-state index is 11.6. The summed E-state index contributed by atoms with van der Waals surface area (Å²) >= 11 is 1.08. The van der Waals surface area contributed by atoms with Gasteiger partial charge in [0.15, 0.2) is 5.17 Å². The zero-order chi connectivity index (χ0) is 18.1. The molecule has 0 saturated carbocycles. The molecule has 1 aliphatic rings. The fraction of sp³-hybridized carbons (Fsp3) is 0.412. The first-order chi connectivity index (χ1) is 12.1. The molecule has 1 atom stereocenters. The van der Waals surface area contributed by atoms with E-state index in [1.165, 1.54) is 0 Å². The van der Waals surface area contributed by atoms with E-state index in [4.69, 9.17) is 9.84 Å². The molecule has 1 aromatic rings. The van der Waals surface area contributed by atoms with Crippen molar-refractivity contribution in [2.45, 2.75) is 38.0 Å². The van der Waals surface area contributed by atoms with Gasteiger partial charge in [-0.2, -0.15) is 5.10 Å². The molecular formula is C17H21N3O4S. The number of ether oxygens (including phenoxy) is 1. The van der Waals surface area contributed by atoms with Gasteiger partial charge in [-0.1, -0.05) is 49.4 Å². The van der Waals surface area contributed by atoms with Gasteiger partial charge in [0.25, 0.3) is 0 Å². The summed E-state index contributed by atoms with van der Waals surface area (Å²) in [5.74, 6) is -1.37. The summed E-state index contributed by atoms with van der Waals surface area (Å²) in [5, 5.41) is 18.8. The molecule has 134 valence electrons. The number of carboxylic acid groups (broad SMARTS) is 1. The number of carbonyl (C=O) groups excluding carboxylic acids is 1. The van der Waals surface area contributed by atoms with Crippen molar-refractivity contribution in [1.29, 1.82) is 0 Å². The van der Waals surface area contributed by atoms with Crippen LogP contribution in [0.5, 0.6) is 0 Å². The van der Waals surface area contributed by atoms with E-state index in [2.05, 4.69) is 22.4 Å². The summed E-state index contributed by atoms with van der Waals surface area (Å²) in [6, 6.07) is 7.76. The molecule has 2 N–H and O–H groups in total. The summed E-state index contributed by atoms with van der Waals surface area (Å²) < 4.78 is 5.56. The minimum atomic E-state index is -1.02. The summed E-state index contributed by atoms with van der Waals surface area (Å²) in [4.78, 5) is 22.2. The van der Waals surface area contributed by atoms with E-state index in [0.29, 0.717) is 11.8 Å². The number of unbranched alkanes of at least 4 members (excludes halogenated alkanes) is 1. The molecule has 7 nitrogen and oxygen atoms in total. The number of thioether (sulfide) groups is 1. The zero-order valence-electron chi connectivity index (χ0n) is 14.0. The third kappa shape index (κ3) is 6.67. The van der Waals surface area contributed by atoms with Gasteiger partial charge < -0.3 is 15.2 Å². The number of amides is 1. The highest BCUT2D eigenvalue weighted by Crippen LogP contribution is 2.22. The number of carbonyl (C=O) groups is 2. The minimum Gasteiger partial charge on any atom is -0.481 e. The molecule has 0 aliphatic carbocycles. The van der Waals surface area contributed by atoms with E-state index in [1.54, 1.807) is 6.21 Å². The highest BCUT2D eigenvalue weighted by Gasteiger charge is 2.32. The average molecular weight is 363 g/mol. The number of rotatable bonds is 9. The second-order valence-electron chi connectivity index (χ2n) is 5.49. The fourth-order valence-corrected chi connectivity index (χ4v) is 2.94. The molecule has 25 heavy (non-hydrogen) atoms. The Kier molecular flexibility index (Phi) is 7.62. The molecule has 1 fully saturated rings. The van der Waals surface area contributed by atoms with Crippen molar-refractivity contribution in [2.75, 3.05) is 6.61 Å². The van der Waals surface area contributed by atoms with Gasteiger partial charge in [-0.05, 0) is 17.5 Å².